The largest absolute Gasteiger partial charge is 0.362 e. The molecule has 128 valence electrons. The quantitative estimate of drug-likeness (QED) is 0.795. The van der Waals surface area contributed by atoms with Crippen molar-refractivity contribution in [2.24, 2.45) is 0 Å². The van der Waals surface area contributed by atoms with Gasteiger partial charge in [-0.25, -0.2) is 4.68 Å². The number of nitrogens with zero attached hydrogens (tertiary/aromatic N) is 3. The van der Waals surface area contributed by atoms with Gasteiger partial charge in [-0.15, -0.1) is 0 Å². The molecular weight excluding hydrogens is 316 g/mol. The SMILES string of the molecule is Cc1cc(=O)c(C(=O)N(C)Cc2cccc(-n3cccn3)c2)c(C)[nH]1. The topological polar surface area (TPSA) is 71.0 Å². The monoisotopic (exact) mass is 336 g/mol. The van der Waals surface area contributed by atoms with Gasteiger partial charge in [0.15, 0.2) is 5.43 Å². The number of rotatable bonds is 4. The van der Waals surface area contributed by atoms with Gasteiger partial charge in [0, 0.05) is 43.4 Å². The van der Waals surface area contributed by atoms with E-state index in [-0.39, 0.29) is 16.9 Å². The predicted molar refractivity (Wildman–Crippen MR) is 95.9 cm³/mol. The van der Waals surface area contributed by atoms with Gasteiger partial charge in [-0.3, -0.25) is 9.59 Å². The molecule has 1 N–H and O–H groups in total. The number of carbonyl (C=O) groups excluding carboxylic acids is 1. The minimum Gasteiger partial charge on any atom is -0.362 e. The first-order valence-corrected chi connectivity index (χ1v) is 8.00. The van der Waals surface area contributed by atoms with Crippen molar-refractivity contribution in [3.8, 4) is 5.69 Å². The highest BCUT2D eigenvalue weighted by Gasteiger charge is 2.18. The van der Waals surface area contributed by atoms with Crippen LogP contribution in [0.25, 0.3) is 5.69 Å². The number of amides is 1. The first-order chi connectivity index (χ1) is 12.0. The van der Waals surface area contributed by atoms with Crippen molar-refractivity contribution in [2.45, 2.75) is 20.4 Å². The van der Waals surface area contributed by atoms with Crippen molar-refractivity contribution < 1.29 is 4.79 Å². The molecule has 25 heavy (non-hydrogen) atoms. The van der Waals surface area contributed by atoms with Crippen LogP contribution in [0.15, 0.2) is 53.6 Å². The van der Waals surface area contributed by atoms with Crippen LogP contribution in [0.5, 0.6) is 0 Å². The van der Waals surface area contributed by atoms with E-state index in [0.29, 0.717) is 12.2 Å². The molecule has 0 bridgehead atoms. The zero-order valence-corrected chi connectivity index (χ0v) is 14.5. The third-order valence-corrected chi connectivity index (χ3v) is 4.01. The van der Waals surface area contributed by atoms with Crippen molar-refractivity contribution in [2.75, 3.05) is 7.05 Å². The van der Waals surface area contributed by atoms with Crippen LogP contribution < -0.4 is 5.43 Å². The van der Waals surface area contributed by atoms with Gasteiger partial charge in [0.2, 0.25) is 0 Å². The van der Waals surface area contributed by atoms with Gasteiger partial charge in [-0.05, 0) is 37.6 Å². The van der Waals surface area contributed by atoms with Gasteiger partial charge in [-0.1, -0.05) is 12.1 Å². The third kappa shape index (κ3) is 3.52. The van der Waals surface area contributed by atoms with Crippen LogP contribution in [0.2, 0.25) is 0 Å². The molecule has 0 aliphatic rings. The van der Waals surface area contributed by atoms with E-state index in [9.17, 15) is 9.59 Å². The van der Waals surface area contributed by atoms with E-state index in [2.05, 4.69) is 10.1 Å². The molecule has 0 fully saturated rings. The smallest absolute Gasteiger partial charge is 0.259 e. The Bertz CT molecular complexity index is 958. The van der Waals surface area contributed by atoms with Crippen molar-refractivity contribution in [3.63, 3.8) is 0 Å². The van der Waals surface area contributed by atoms with E-state index in [1.165, 1.54) is 6.07 Å². The van der Waals surface area contributed by atoms with E-state index in [1.54, 1.807) is 36.7 Å². The number of hydrogen-bond acceptors (Lipinski definition) is 3. The molecule has 0 spiro atoms. The number of H-pyrrole nitrogens is 1. The van der Waals surface area contributed by atoms with Crippen LogP contribution >= 0.6 is 0 Å². The number of benzene rings is 1. The Labute approximate surface area is 145 Å². The summed E-state index contributed by atoms with van der Waals surface area (Å²) in [6.07, 6.45) is 3.58. The Balaban J connectivity index is 1.83. The Hall–Kier alpha value is -3.15. The summed E-state index contributed by atoms with van der Waals surface area (Å²) in [6.45, 7) is 3.95. The zero-order valence-electron chi connectivity index (χ0n) is 14.5. The summed E-state index contributed by atoms with van der Waals surface area (Å²) in [7, 11) is 1.70. The highest BCUT2D eigenvalue weighted by Crippen LogP contribution is 2.13. The lowest BCUT2D eigenvalue weighted by Gasteiger charge is -2.18. The summed E-state index contributed by atoms with van der Waals surface area (Å²) in [5, 5.41) is 4.21. The fraction of sp³-hybridized carbons (Fsp3) is 0.211. The first kappa shape index (κ1) is 16.7. The average Bonchev–Trinajstić information content (AvgIpc) is 3.08. The van der Waals surface area contributed by atoms with Crippen LogP contribution in [0, 0.1) is 13.8 Å². The van der Waals surface area contributed by atoms with E-state index >= 15 is 0 Å². The molecule has 3 aromatic rings. The molecule has 6 nitrogen and oxygen atoms in total. The van der Waals surface area contributed by atoms with E-state index in [4.69, 9.17) is 0 Å². The van der Waals surface area contributed by atoms with Crippen molar-refractivity contribution in [1.82, 2.24) is 19.7 Å². The molecular formula is C19H20N4O2. The van der Waals surface area contributed by atoms with Gasteiger partial charge in [0.1, 0.15) is 5.56 Å². The number of carbonyl (C=O) groups is 1. The molecule has 3 rings (SSSR count). The standard InChI is InChI=1S/C19H20N4O2/c1-13-10-17(24)18(14(2)21-13)19(25)22(3)12-15-6-4-7-16(11-15)23-9-5-8-20-23/h4-11H,12H2,1-3H3,(H,21,24). The molecule has 0 atom stereocenters. The van der Waals surface area contributed by atoms with E-state index < -0.39 is 0 Å². The summed E-state index contributed by atoms with van der Waals surface area (Å²) in [5.41, 5.74) is 3.16. The molecule has 1 aromatic carbocycles. The molecule has 2 aromatic heterocycles. The van der Waals surface area contributed by atoms with Crippen LogP contribution in [-0.2, 0) is 6.54 Å². The Morgan fingerprint density at radius 1 is 1.24 bits per heavy atom. The minimum atomic E-state index is -0.289. The molecule has 0 aliphatic carbocycles. The lowest BCUT2D eigenvalue weighted by molar-refractivity contribution is 0.0782. The summed E-state index contributed by atoms with van der Waals surface area (Å²) in [4.78, 5) is 29.5. The minimum absolute atomic E-state index is 0.191. The molecule has 0 saturated carbocycles. The zero-order chi connectivity index (χ0) is 18.0. The summed E-state index contributed by atoms with van der Waals surface area (Å²) >= 11 is 0. The Morgan fingerprint density at radius 3 is 2.72 bits per heavy atom. The second-order valence-electron chi connectivity index (χ2n) is 6.10. The number of aromatic amines is 1. The van der Waals surface area contributed by atoms with E-state index in [1.807, 2.05) is 36.5 Å². The molecule has 6 heteroatoms. The van der Waals surface area contributed by atoms with Crippen molar-refractivity contribution >= 4 is 5.91 Å². The summed E-state index contributed by atoms with van der Waals surface area (Å²) in [6, 6.07) is 11.1. The molecule has 0 radical (unpaired) electrons. The van der Waals surface area contributed by atoms with Crippen LogP contribution in [0.4, 0.5) is 0 Å². The molecule has 2 heterocycles. The number of aryl methyl sites for hydroxylation is 2. The summed E-state index contributed by atoms with van der Waals surface area (Å²) < 4.78 is 1.76. The van der Waals surface area contributed by atoms with Crippen LogP contribution in [-0.4, -0.2) is 32.6 Å². The van der Waals surface area contributed by atoms with Crippen molar-refractivity contribution in [1.29, 1.82) is 0 Å². The highest BCUT2D eigenvalue weighted by molar-refractivity contribution is 5.94. The van der Waals surface area contributed by atoms with E-state index in [0.717, 1.165) is 16.9 Å². The highest BCUT2D eigenvalue weighted by atomic mass is 16.2. The lowest BCUT2D eigenvalue weighted by Crippen LogP contribution is -2.31. The van der Waals surface area contributed by atoms with Crippen LogP contribution in [0.3, 0.4) is 0 Å². The second-order valence-corrected chi connectivity index (χ2v) is 6.10. The van der Waals surface area contributed by atoms with Gasteiger partial charge in [0.05, 0.1) is 5.69 Å². The van der Waals surface area contributed by atoms with Gasteiger partial charge >= 0.3 is 0 Å². The Kier molecular flexibility index (Phi) is 4.52. The summed E-state index contributed by atoms with van der Waals surface area (Å²) in [5.74, 6) is -0.289. The fourth-order valence-corrected chi connectivity index (χ4v) is 2.87. The molecule has 0 unspecified atom stereocenters. The third-order valence-electron chi connectivity index (χ3n) is 4.01. The Morgan fingerprint density at radius 2 is 2.04 bits per heavy atom. The maximum absolute atomic E-state index is 12.7. The lowest BCUT2D eigenvalue weighted by atomic mass is 10.1. The fourth-order valence-electron chi connectivity index (χ4n) is 2.87. The maximum atomic E-state index is 12.7. The molecule has 1 amide bonds. The first-order valence-electron chi connectivity index (χ1n) is 8.00. The van der Waals surface area contributed by atoms with Crippen LogP contribution in [0.1, 0.15) is 27.3 Å². The van der Waals surface area contributed by atoms with Gasteiger partial charge in [0.25, 0.3) is 5.91 Å². The number of hydrogen-bond donors (Lipinski definition) is 1. The number of aromatic nitrogens is 3. The normalized spacial score (nSPS) is 10.7. The molecule has 0 aliphatic heterocycles. The van der Waals surface area contributed by atoms with Gasteiger partial charge in [-0.2, -0.15) is 5.10 Å². The maximum Gasteiger partial charge on any atom is 0.259 e. The number of pyridine rings is 1. The second kappa shape index (κ2) is 6.76. The average molecular weight is 336 g/mol. The number of nitrogens with one attached hydrogen (secondary N) is 1. The van der Waals surface area contributed by atoms with Crippen molar-refractivity contribution in [3.05, 3.63) is 81.5 Å². The predicted octanol–water partition coefficient (Wildman–Crippen LogP) is 2.45. The molecule has 0 saturated heterocycles. The van der Waals surface area contributed by atoms with Gasteiger partial charge < -0.3 is 9.88 Å².